The third-order valence-electron chi connectivity index (χ3n) is 2.87. The van der Waals surface area contributed by atoms with Crippen molar-refractivity contribution in [2.45, 2.75) is 25.7 Å². The SMILES string of the molecule is CCCC(c1ccccc1)c1cccnc1. The van der Waals surface area contributed by atoms with Gasteiger partial charge in [-0.1, -0.05) is 49.7 Å². The van der Waals surface area contributed by atoms with Crippen LogP contribution in [0.25, 0.3) is 0 Å². The van der Waals surface area contributed by atoms with E-state index in [1.54, 1.807) is 0 Å². The molecule has 0 bridgehead atoms. The summed E-state index contributed by atoms with van der Waals surface area (Å²) in [6.45, 7) is 2.23. The third-order valence-corrected chi connectivity index (χ3v) is 2.87. The molecular weight excluding hydrogens is 194 g/mol. The Morgan fingerprint density at radius 2 is 1.75 bits per heavy atom. The second-order valence-electron chi connectivity index (χ2n) is 4.04. The molecule has 0 spiro atoms. The topological polar surface area (TPSA) is 12.9 Å². The first-order valence-corrected chi connectivity index (χ1v) is 5.86. The number of nitrogens with zero attached hydrogens (tertiary/aromatic N) is 1. The van der Waals surface area contributed by atoms with Gasteiger partial charge in [-0.15, -0.1) is 0 Å². The van der Waals surface area contributed by atoms with E-state index in [4.69, 9.17) is 0 Å². The van der Waals surface area contributed by atoms with Gasteiger partial charge < -0.3 is 0 Å². The number of benzene rings is 1. The van der Waals surface area contributed by atoms with Crippen molar-refractivity contribution >= 4 is 0 Å². The van der Waals surface area contributed by atoms with Crippen LogP contribution in [0.5, 0.6) is 0 Å². The fourth-order valence-corrected chi connectivity index (χ4v) is 2.08. The lowest BCUT2D eigenvalue weighted by Gasteiger charge is -2.16. The van der Waals surface area contributed by atoms with Gasteiger partial charge in [0.25, 0.3) is 0 Å². The highest BCUT2D eigenvalue weighted by Gasteiger charge is 2.12. The molecule has 1 aromatic carbocycles. The third kappa shape index (κ3) is 2.48. The Kier molecular flexibility index (Phi) is 3.71. The second-order valence-corrected chi connectivity index (χ2v) is 4.04. The molecule has 1 heteroatoms. The zero-order chi connectivity index (χ0) is 11.2. The molecule has 0 saturated carbocycles. The van der Waals surface area contributed by atoms with Gasteiger partial charge in [0.05, 0.1) is 0 Å². The molecule has 0 N–H and O–H groups in total. The molecule has 1 atom stereocenters. The van der Waals surface area contributed by atoms with Crippen LogP contribution < -0.4 is 0 Å². The molecule has 2 rings (SSSR count). The average molecular weight is 211 g/mol. The normalized spacial score (nSPS) is 12.3. The van der Waals surface area contributed by atoms with E-state index >= 15 is 0 Å². The lowest BCUT2D eigenvalue weighted by molar-refractivity contribution is 0.696. The van der Waals surface area contributed by atoms with E-state index in [0.717, 1.165) is 0 Å². The summed E-state index contributed by atoms with van der Waals surface area (Å²) < 4.78 is 0. The Hall–Kier alpha value is -1.63. The number of hydrogen-bond donors (Lipinski definition) is 0. The minimum Gasteiger partial charge on any atom is -0.264 e. The van der Waals surface area contributed by atoms with Gasteiger partial charge in [-0.3, -0.25) is 4.98 Å². The lowest BCUT2D eigenvalue weighted by Crippen LogP contribution is -2.00. The predicted octanol–water partition coefficient (Wildman–Crippen LogP) is 4.01. The maximum absolute atomic E-state index is 4.21. The second kappa shape index (κ2) is 5.45. The summed E-state index contributed by atoms with van der Waals surface area (Å²) in [5.74, 6) is 0.486. The van der Waals surface area contributed by atoms with Crippen LogP contribution >= 0.6 is 0 Å². The molecule has 2 aromatic rings. The van der Waals surface area contributed by atoms with Crippen molar-refractivity contribution in [2.24, 2.45) is 0 Å². The Morgan fingerprint density at radius 1 is 1.00 bits per heavy atom. The quantitative estimate of drug-likeness (QED) is 0.744. The van der Waals surface area contributed by atoms with E-state index in [-0.39, 0.29) is 0 Å². The molecule has 1 unspecified atom stereocenters. The molecule has 0 aliphatic heterocycles. The monoisotopic (exact) mass is 211 g/mol. The molecule has 0 saturated heterocycles. The van der Waals surface area contributed by atoms with Crippen molar-refractivity contribution in [2.75, 3.05) is 0 Å². The Morgan fingerprint density at radius 3 is 2.38 bits per heavy atom. The van der Waals surface area contributed by atoms with Gasteiger partial charge in [0.2, 0.25) is 0 Å². The lowest BCUT2D eigenvalue weighted by atomic mass is 9.89. The number of hydrogen-bond acceptors (Lipinski definition) is 1. The van der Waals surface area contributed by atoms with Crippen molar-refractivity contribution < 1.29 is 0 Å². The molecule has 16 heavy (non-hydrogen) atoms. The fourth-order valence-electron chi connectivity index (χ4n) is 2.08. The van der Waals surface area contributed by atoms with E-state index < -0.39 is 0 Å². The first-order chi connectivity index (χ1) is 7.92. The molecule has 0 radical (unpaired) electrons. The molecular formula is C15H17N. The van der Waals surface area contributed by atoms with E-state index in [0.29, 0.717) is 5.92 Å². The van der Waals surface area contributed by atoms with Crippen molar-refractivity contribution in [1.82, 2.24) is 4.98 Å². The van der Waals surface area contributed by atoms with Crippen LogP contribution in [-0.2, 0) is 0 Å². The summed E-state index contributed by atoms with van der Waals surface area (Å²) in [7, 11) is 0. The van der Waals surface area contributed by atoms with E-state index in [2.05, 4.69) is 48.3 Å². The maximum atomic E-state index is 4.21. The van der Waals surface area contributed by atoms with Crippen LogP contribution in [-0.4, -0.2) is 4.98 Å². The highest BCUT2D eigenvalue weighted by atomic mass is 14.6. The molecule has 0 amide bonds. The van der Waals surface area contributed by atoms with Crippen LogP contribution in [0.4, 0.5) is 0 Å². The minimum atomic E-state index is 0.486. The van der Waals surface area contributed by atoms with E-state index in [1.165, 1.54) is 24.0 Å². The average Bonchev–Trinajstić information content (AvgIpc) is 2.38. The fraction of sp³-hybridized carbons (Fsp3) is 0.267. The van der Waals surface area contributed by atoms with Crippen molar-refractivity contribution in [1.29, 1.82) is 0 Å². The first kappa shape index (κ1) is 10.9. The Balaban J connectivity index is 2.31. The van der Waals surface area contributed by atoms with Crippen molar-refractivity contribution in [3.8, 4) is 0 Å². The predicted molar refractivity (Wildman–Crippen MR) is 67.4 cm³/mol. The van der Waals surface area contributed by atoms with E-state index in [1.807, 2.05) is 18.5 Å². The zero-order valence-electron chi connectivity index (χ0n) is 9.63. The molecule has 0 aliphatic carbocycles. The Labute approximate surface area is 97.2 Å². The molecule has 0 aliphatic rings. The molecule has 82 valence electrons. The van der Waals surface area contributed by atoms with Crippen molar-refractivity contribution in [3.05, 3.63) is 66.0 Å². The summed E-state index contributed by atoms with van der Waals surface area (Å²) in [6.07, 6.45) is 6.18. The maximum Gasteiger partial charge on any atom is 0.0306 e. The Bertz CT molecular complexity index is 368. The van der Waals surface area contributed by atoms with Gasteiger partial charge in [0.1, 0.15) is 0 Å². The summed E-state index contributed by atoms with van der Waals surface area (Å²) in [5, 5.41) is 0. The molecule has 0 fully saturated rings. The van der Waals surface area contributed by atoms with Crippen LogP contribution in [0, 0.1) is 0 Å². The van der Waals surface area contributed by atoms with Gasteiger partial charge >= 0.3 is 0 Å². The van der Waals surface area contributed by atoms with E-state index in [9.17, 15) is 0 Å². The number of pyridine rings is 1. The van der Waals surface area contributed by atoms with Crippen molar-refractivity contribution in [3.63, 3.8) is 0 Å². The van der Waals surface area contributed by atoms with Gasteiger partial charge in [0, 0.05) is 18.3 Å². The zero-order valence-corrected chi connectivity index (χ0v) is 9.63. The van der Waals surface area contributed by atoms with Gasteiger partial charge in [0.15, 0.2) is 0 Å². The number of aromatic nitrogens is 1. The molecule has 1 aromatic heterocycles. The highest BCUT2D eigenvalue weighted by molar-refractivity contribution is 5.30. The summed E-state index contributed by atoms with van der Waals surface area (Å²) in [5.41, 5.74) is 2.70. The number of rotatable bonds is 4. The van der Waals surface area contributed by atoms with Gasteiger partial charge in [-0.05, 0) is 23.6 Å². The summed E-state index contributed by atoms with van der Waals surface area (Å²) >= 11 is 0. The highest BCUT2D eigenvalue weighted by Crippen LogP contribution is 2.28. The molecule has 1 nitrogen and oxygen atoms in total. The summed E-state index contributed by atoms with van der Waals surface area (Å²) in [6, 6.07) is 14.9. The minimum absolute atomic E-state index is 0.486. The summed E-state index contributed by atoms with van der Waals surface area (Å²) in [4.78, 5) is 4.21. The van der Waals surface area contributed by atoms with Gasteiger partial charge in [-0.2, -0.15) is 0 Å². The largest absolute Gasteiger partial charge is 0.264 e. The smallest absolute Gasteiger partial charge is 0.0306 e. The standard InChI is InChI=1S/C15H17N/c1-2-7-15(13-8-4-3-5-9-13)14-10-6-11-16-12-14/h3-6,8-12,15H,2,7H2,1H3. The van der Waals surface area contributed by atoms with Crippen LogP contribution in [0.2, 0.25) is 0 Å². The van der Waals surface area contributed by atoms with Crippen LogP contribution in [0.1, 0.15) is 36.8 Å². The first-order valence-electron chi connectivity index (χ1n) is 5.86. The van der Waals surface area contributed by atoms with Crippen LogP contribution in [0.15, 0.2) is 54.9 Å². The van der Waals surface area contributed by atoms with Gasteiger partial charge in [-0.25, -0.2) is 0 Å². The van der Waals surface area contributed by atoms with Crippen LogP contribution in [0.3, 0.4) is 0 Å². The molecule has 1 heterocycles.